The van der Waals surface area contributed by atoms with Crippen LogP contribution in [0.3, 0.4) is 0 Å². The van der Waals surface area contributed by atoms with Crippen LogP contribution in [0.15, 0.2) is 46.9 Å². The van der Waals surface area contributed by atoms with E-state index in [4.69, 9.17) is 4.74 Å². The minimum atomic E-state index is -0.307. The van der Waals surface area contributed by atoms with Gasteiger partial charge in [-0.2, -0.15) is 0 Å². The highest BCUT2D eigenvalue weighted by molar-refractivity contribution is 9.10. The molecule has 2 rings (SSSR count). The average Bonchev–Trinajstić information content (AvgIpc) is 2.39. The number of ether oxygens (including phenoxy) is 1. The Kier molecular flexibility index (Phi) is 5.15. The van der Waals surface area contributed by atoms with E-state index in [1.165, 1.54) is 12.1 Å². The van der Waals surface area contributed by atoms with E-state index in [0.29, 0.717) is 5.75 Å². The standard InChI is InChI=1S/C16H17BrFNO/c1-3-19-11(2)15-8-7-12(17)9-16(15)20-14-6-4-5-13(18)10-14/h4-11,19H,3H2,1-2H3. The van der Waals surface area contributed by atoms with Gasteiger partial charge in [0.05, 0.1) is 0 Å². The largest absolute Gasteiger partial charge is 0.457 e. The molecule has 0 heterocycles. The van der Waals surface area contributed by atoms with Crippen LogP contribution in [0.2, 0.25) is 0 Å². The zero-order valence-corrected chi connectivity index (χ0v) is 13.1. The highest BCUT2D eigenvalue weighted by atomic mass is 79.9. The number of benzene rings is 2. The minimum absolute atomic E-state index is 0.164. The Hall–Kier alpha value is -1.39. The predicted octanol–water partition coefficient (Wildman–Crippen LogP) is 5.05. The lowest BCUT2D eigenvalue weighted by Crippen LogP contribution is -2.18. The van der Waals surface area contributed by atoms with Gasteiger partial charge in [-0.05, 0) is 37.7 Å². The molecule has 2 nitrogen and oxygen atoms in total. The van der Waals surface area contributed by atoms with Gasteiger partial charge in [-0.3, -0.25) is 0 Å². The van der Waals surface area contributed by atoms with Gasteiger partial charge >= 0.3 is 0 Å². The first-order valence-electron chi connectivity index (χ1n) is 6.56. The molecule has 106 valence electrons. The third kappa shape index (κ3) is 3.81. The van der Waals surface area contributed by atoms with Crippen LogP contribution in [0.25, 0.3) is 0 Å². The fraction of sp³-hybridized carbons (Fsp3) is 0.250. The minimum Gasteiger partial charge on any atom is -0.457 e. The van der Waals surface area contributed by atoms with Crippen molar-refractivity contribution in [2.45, 2.75) is 19.9 Å². The average molecular weight is 338 g/mol. The molecule has 0 amide bonds. The van der Waals surface area contributed by atoms with E-state index in [1.807, 2.05) is 18.2 Å². The Balaban J connectivity index is 2.32. The number of nitrogens with one attached hydrogen (secondary N) is 1. The molecule has 0 bridgehead atoms. The quantitative estimate of drug-likeness (QED) is 0.824. The third-order valence-electron chi connectivity index (χ3n) is 2.98. The van der Waals surface area contributed by atoms with Gasteiger partial charge in [0.1, 0.15) is 17.3 Å². The van der Waals surface area contributed by atoms with E-state index in [-0.39, 0.29) is 11.9 Å². The first-order chi connectivity index (χ1) is 9.60. The van der Waals surface area contributed by atoms with Crippen molar-refractivity contribution >= 4 is 15.9 Å². The molecular weight excluding hydrogens is 321 g/mol. The van der Waals surface area contributed by atoms with Gasteiger partial charge in [0.25, 0.3) is 0 Å². The molecule has 0 aliphatic carbocycles. The molecule has 0 spiro atoms. The lowest BCUT2D eigenvalue weighted by molar-refractivity contribution is 0.458. The molecule has 0 radical (unpaired) electrons. The summed E-state index contributed by atoms with van der Waals surface area (Å²) in [6.45, 7) is 5.00. The van der Waals surface area contributed by atoms with Crippen LogP contribution in [-0.4, -0.2) is 6.54 Å². The van der Waals surface area contributed by atoms with Crippen LogP contribution in [-0.2, 0) is 0 Å². The maximum Gasteiger partial charge on any atom is 0.133 e. The Morgan fingerprint density at radius 2 is 2.05 bits per heavy atom. The SMILES string of the molecule is CCNC(C)c1ccc(Br)cc1Oc1cccc(F)c1. The molecule has 0 saturated carbocycles. The zero-order valence-electron chi connectivity index (χ0n) is 11.5. The first-order valence-corrected chi connectivity index (χ1v) is 7.35. The van der Waals surface area contributed by atoms with Gasteiger partial charge in [-0.1, -0.05) is 35.0 Å². The summed E-state index contributed by atoms with van der Waals surface area (Å²) in [4.78, 5) is 0. The lowest BCUT2D eigenvalue weighted by atomic mass is 10.1. The van der Waals surface area contributed by atoms with Crippen molar-refractivity contribution in [3.8, 4) is 11.5 Å². The van der Waals surface area contributed by atoms with Gasteiger partial charge in [0, 0.05) is 22.1 Å². The molecule has 20 heavy (non-hydrogen) atoms. The smallest absolute Gasteiger partial charge is 0.133 e. The van der Waals surface area contributed by atoms with Crippen molar-refractivity contribution in [3.05, 3.63) is 58.3 Å². The normalized spacial score (nSPS) is 12.2. The summed E-state index contributed by atoms with van der Waals surface area (Å²) in [5.74, 6) is 0.908. The van der Waals surface area contributed by atoms with Gasteiger partial charge in [0.15, 0.2) is 0 Å². The van der Waals surface area contributed by atoms with Crippen molar-refractivity contribution < 1.29 is 9.13 Å². The van der Waals surface area contributed by atoms with E-state index >= 15 is 0 Å². The molecule has 0 aromatic heterocycles. The first kappa shape index (κ1) is 15.0. The Morgan fingerprint density at radius 3 is 2.75 bits per heavy atom. The van der Waals surface area contributed by atoms with Crippen LogP contribution < -0.4 is 10.1 Å². The van der Waals surface area contributed by atoms with Gasteiger partial charge in [0.2, 0.25) is 0 Å². The van der Waals surface area contributed by atoms with Crippen LogP contribution in [0.1, 0.15) is 25.5 Å². The highest BCUT2D eigenvalue weighted by Gasteiger charge is 2.12. The van der Waals surface area contributed by atoms with Crippen molar-refractivity contribution in [2.75, 3.05) is 6.54 Å². The summed E-state index contributed by atoms with van der Waals surface area (Å²) >= 11 is 3.44. The summed E-state index contributed by atoms with van der Waals surface area (Å²) in [5.41, 5.74) is 1.04. The maximum atomic E-state index is 13.2. The van der Waals surface area contributed by atoms with E-state index < -0.39 is 0 Å². The molecule has 2 aromatic rings. The van der Waals surface area contributed by atoms with Crippen LogP contribution in [0.5, 0.6) is 11.5 Å². The third-order valence-corrected chi connectivity index (χ3v) is 3.47. The van der Waals surface area contributed by atoms with Crippen molar-refractivity contribution in [1.29, 1.82) is 0 Å². The van der Waals surface area contributed by atoms with E-state index in [2.05, 4.69) is 35.1 Å². The Labute approximate surface area is 127 Å². The molecule has 1 atom stereocenters. The van der Waals surface area contributed by atoms with Gasteiger partial charge in [-0.25, -0.2) is 4.39 Å². The molecule has 0 saturated heterocycles. The fourth-order valence-electron chi connectivity index (χ4n) is 2.03. The monoisotopic (exact) mass is 337 g/mol. The lowest BCUT2D eigenvalue weighted by Gasteiger charge is -2.18. The van der Waals surface area contributed by atoms with Crippen LogP contribution in [0.4, 0.5) is 4.39 Å². The van der Waals surface area contributed by atoms with Gasteiger partial charge in [-0.15, -0.1) is 0 Å². The second-order valence-electron chi connectivity index (χ2n) is 4.52. The number of rotatable bonds is 5. The number of halogens is 2. The molecule has 0 aliphatic rings. The molecule has 2 aromatic carbocycles. The second kappa shape index (κ2) is 6.86. The van der Waals surface area contributed by atoms with E-state index in [0.717, 1.165) is 22.3 Å². The Bertz CT molecular complexity index is 588. The van der Waals surface area contributed by atoms with Crippen molar-refractivity contribution in [3.63, 3.8) is 0 Å². The molecule has 0 aliphatic heterocycles. The topological polar surface area (TPSA) is 21.3 Å². The van der Waals surface area contributed by atoms with Gasteiger partial charge < -0.3 is 10.1 Å². The molecule has 1 unspecified atom stereocenters. The van der Waals surface area contributed by atoms with Crippen LogP contribution >= 0.6 is 15.9 Å². The van der Waals surface area contributed by atoms with Crippen LogP contribution in [0, 0.1) is 5.82 Å². The Morgan fingerprint density at radius 1 is 1.25 bits per heavy atom. The number of hydrogen-bond acceptors (Lipinski definition) is 2. The summed E-state index contributed by atoms with van der Waals surface area (Å²) in [7, 11) is 0. The predicted molar refractivity (Wildman–Crippen MR) is 82.7 cm³/mol. The fourth-order valence-corrected chi connectivity index (χ4v) is 2.37. The van der Waals surface area contributed by atoms with E-state index in [9.17, 15) is 4.39 Å². The molecule has 4 heteroatoms. The van der Waals surface area contributed by atoms with E-state index in [1.54, 1.807) is 12.1 Å². The van der Waals surface area contributed by atoms with Crippen molar-refractivity contribution in [1.82, 2.24) is 5.32 Å². The molecule has 1 N–H and O–H groups in total. The second-order valence-corrected chi connectivity index (χ2v) is 5.44. The summed E-state index contributed by atoms with van der Waals surface area (Å²) < 4.78 is 20.0. The highest BCUT2D eigenvalue weighted by Crippen LogP contribution is 2.32. The molecular formula is C16H17BrFNO. The van der Waals surface area contributed by atoms with Crippen molar-refractivity contribution in [2.24, 2.45) is 0 Å². The summed E-state index contributed by atoms with van der Waals surface area (Å²) in [6, 6.07) is 12.2. The maximum absolute atomic E-state index is 13.2. The summed E-state index contributed by atoms with van der Waals surface area (Å²) in [6.07, 6.45) is 0. The molecule has 0 fully saturated rings. The summed E-state index contributed by atoms with van der Waals surface area (Å²) in [5, 5.41) is 3.35. The number of hydrogen-bond donors (Lipinski definition) is 1. The zero-order chi connectivity index (χ0) is 14.5.